The molecule has 2 heterocycles. The minimum atomic E-state index is -0.0542. The molecule has 0 bridgehead atoms. The Bertz CT molecular complexity index is 1040. The van der Waals surface area contributed by atoms with Gasteiger partial charge in [0.15, 0.2) is 5.17 Å². The van der Waals surface area contributed by atoms with Gasteiger partial charge in [0.2, 0.25) is 5.13 Å². The lowest BCUT2D eigenvalue weighted by atomic mass is 10.2. The zero-order valence-electron chi connectivity index (χ0n) is 14.3. The molecule has 0 radical (unpaired) electrons. The highest BCUT2D eigenvalue weighted by molar-refractivity contribution is 9.10. The molecule has 1 aliphatic rings. The molecule has 2 aromatic carbocycles. The third-order valence-electron chi connectivity index (χ3n) is 3.92. The average Bonchev–Trinajstić information content (AvgIpc) is 3.26. The molecule has 1 fully saturated rings. The summed E-state index contributed by atoms with van der Waals surface area (Å²) in [5.41, 5.74) is 2.92. The quantitative estimate of drug-likeness (QED) is 0.468. The van der Waals surface area contributed by atoms with Crippen LogP contribution in [-0.4, -0.2) is 28.0 Å². The molecule has 0 N–H and O–H groups in total. The van der Waals surface area contributed by atoms with E-state index < -0.39 is 0 Å². The Morgan fingerprint density at radius 3 is 2.59 bits per heavy atom. The van der Waals surface area contributed by atoms with Gasteiger partial charge in [-0.1, -0.05) is 58.4 Å². The maximum Gasteiger partial charge on any atom is 0.266 e. The van der Waals surface area contributed by atoms with Crippen LogP contribution in [0.3, 0.4) is 0 Å². The number of amides is 1. The first-order valence-electron chi connectivity index (χ1n) is 8.13. The summed E-state index contributed by atoms with van der Waals surface area (Å²) in [5, 5.41) is 3.26. The van der Waals surface area contributed by atoms with Gasteiger partial charge in [0.25, 0.3) is 5.91 Å². The van der Waals surface area contributed by atoms with E-state index in [0.717, 1.165) is 21.3 Å². The molecule has 1 amide bonds. The number of nitrogens with zero attached hydrogens (tertiary/aromatic N) is 3. The van der Waals surface area contributed by atoms with Crippen molar-refractivity contribution in [3.05, 3.63) is 74.9 Å². The molecule has 0 unspecified atom stereocenters. The maximum absolute atomic E-state index is 12.5. The molecule has 4 rings (SSSR count). The minimum absolute atomic E-state index is 0.0542. The Kier molecular flexibility index (Phi) is 5.24. The van der Waals surface area contributed by atoms with E-state index in [1.165, 1.54) is 23.1 Å². The average molecular weight is 456 g/mol. The molecule has 7 heteroatoms. The number of aliphatic imine (C=N–C) groups is 1. The van der Waals surface area contributed by atoms with Crippen molar-refractivity contribution in [2.24, 2.45) is 4.99 Å². The van der Waals surface area contributed by atoms with E-state index in [1.807, 2.05) is 66.1 Å². The number of thioether (sulfide) groups is 1. The van der Waals surface area contributed by atoms with Crippen LogP contribution in [0.4, 0.5) is 5.13 Å². The van der Waals surface area contributed by atoms with Crippen LogP contribution in [0, 0.1) is 0 Å². The van der Waals surface area contributed by atoms with Crippen LogP contribution >= 0.6 is 39.0 Å². The van der Waals surface area contributed by atoms with Crippen molar-refractivity contribution >= 4 is 61.3 Å². The van der Waals surface area contributed by atoms with Gasteiger partial charge in [-0.3, -0.25) is 9.69 Å². The second-order valence-corrected chi connectivity index (χ2v) is 8.56. The largest absolute Gasteiger partial charge is 0.289 e. The number of rotatable bonds is 3. The summed E-state index contributed by atoms with van der Waals surface area (Å²) in [7, 11) is 1.74. The van der Waals surface area contributed by atoms with E-state index in [-0.39, 0.29) is 5.91 Å². The second-order valence-electron chi connectivity index (χ2n) is 5.80. The monoisotopic (exact) mass is 455 g/mol. The normalized spacial score (nSPS) is 17.3. The van der Waals surface area contributed by atoms with Gasteiger partial charge in [-0.05, 0) is 35.5 Å². The van der Waals surface area contributed by atoms with Crippen LogP contribution in [0.5, 0.6) is 0 Å². The third-order valence-corrected chi connectivity index (χ3v) is 6.25. The van der Waals surface area contributed by atoms with Gasteiger partial charge in [-0.25, -0.2) is 4.98 Å². The first-order chi connectivity index (χ1) is 13.1. The van der Waals surface area contributed by atoms with Gasteiger partial charge in [0.05, 0.1) is 10.6 Å². The minimum Gasteiger partial charge on any atom is -0.289 e. The lowest BCUT2D eigenvalue weighted by Gasteiger charge is -2.05. The molecular weight excluding hydrogens is 442 g/mol. The molecular formula is C20H14BrN3OS2. The summed E-state index contributed by atoms with van der Waals surface area (Å²) in [5.74, 6) is -0.0542. The molecule has 0 spiro atoms. The van der Waals surface area contributed by atoms with E-state index in [2.05, 4.69) is 25.9 Å². The van der Waals surface area contributed by atoms with E-state index in [9.17, 15) is 4.79 Å². The molecule has 3 aromatic rings. The number of carbonyl (C=O) groups excluding carboxylic acids is 1. The first kappa shape index (κ1) is 18.2. The van der Waals surface area contributed by atoms with Crippen LogP contribution in [0.2, 0.25) is 0 Å². The molecule has 134 valence electrons. The second kappa shape index (κ2) is 7.80. The zero-order chi connectivity index (χ0) is 18.8. The summed E-state index contributed by atoms with van der Waals surface area (Å²) >= 11 is 6.25. The molecule has 1 aliphatic heterocycles. The Hall–Kier alpha value is -2.22. The number of hydrogen-bond acceptors (Lipinski definition) is 5. The summed E-state index contributed by atoms with van der Waals surface area (Å²) < 4.78 is 1.01. The van der Waals surface area contributed by atoms with Crippen molar-refractivity contribution in [2.45, 2.75) is 0 Å². The fraction of sp³-hybridized carbons (Fsp3) is 0.0500. The standard InChI is InChI=1S/C20H14BrN3OS2/c1-24-18(25)17(11-13-7-9-15(21)10-8-13)27-20(24)23-19-22-16(12-26-19)14-5-3-2-4-6-14/h2-12H,1H3/b17-11-,23-20+. The topological polar surface area (TPSA) is 45.6 Å². The number of carbonyl (C=O) groups is 1. The van der Waals surface area contributed by atoms with Gasteiger partial charge in [0, 0.05) is 22.5 Å². The Labute approximate surface area is 173 Å². The van der Waals surface area contributed by atoms with Gasteiger partial charge in [-0.15, -0.1) is 11.3 Å². The molecule has 4 nitrogen and oxygen atoms in total. The molecule has 27 heavy (non-hydrogen) atoms. The number of amidine groups is 1. The van der Waals surface area contributed by atoms with Gasteiger partial charge < -0.3 is 0 Å². The number of aromatic nitrogens is 1. The maximum atomic E-state index is 12.5. The number of hydrogen-bond donors (Lipinski definition) is 0. The van der Waals surface area contributed by atoms with Crippen molar-refractivity contribution in [1.82, 2.24) is 9.88 Å². The van der Waals surface area contributed by atoms with Crippen LogP contribution in [0.1, 0.15) is 5.56 Å². The molecule has 0 atom stereocenters. The molecule has 1 aromatic heterocycles. The van der Waals surface area contributed by atoms with Gasteiger partial charge >= 0.3 is 0 Å². The fourth-order valence-electron chi connectivity index (χ4n) is 2.50. The number of thiazole rings is 1. The van der Waals surface area contributed by atoms with E-state index >= 15 is 0 Å². The lowest BCUT2D eigenvalue weighted by molar-refractivity contribution is -0.121. The number of likely N-dealkylation sites (N-methyl/N-ethyl adjacent to an activating group) is 1. The summed E-state index contributed by atoms with van der Waals surface area (Å²) in [4.78, 5) is 23.9. The van der Waals surface area contributed by atoms with E-state index in [4.69, 9.17) is 0 Å². The highest BCUT2D eigenvalue weighted by atomic mass is 79.9. The van der Waals surface area contributed by atoms with Crippen LogP contribution in [-0.2, 0) is 4.79 Å². The Morgan fingerprint density at radius 1 is 1.11 bits per heavy atom. The van der Waals surface area contributed by atoms with Crippen molar-refractivity contribution in [2.75, 3.05) is 7.05 Å². The fourth-order valence-corrected chi connectivity index (χ4v) is 4.49. The predicted molar refractivity (Wildman–Crippen MR) is 117 cm³/mol. The van der Waals surface area contributed by atoms with Crippen LogP contribution in [0.15, 0.2) is 74.3 Å². The summed E-state index contributed by atoms with van der Waals surface area (Å²) in [6.07, 6.45) is 1.88. The van der Waals surface area contributed by atoms with Crippen LogP contribution in [0.25, 0.3) is 17.3 Å². The lowest BCUT2D eigenvalue weighted by Crippen LogP contribution is -2.23. The van der Waals surface area contributed by atoms with Crippen molar-refractivity contribution < 1.29 is 4.79 Å². The molecule has 0 saturated carbocycles. The van der Waals surface area contributed by atoms with Gasteiger partial charge in [0.1, 0.15) is 0 Å². The van der Waals surface area contributed by atoms with E-state index in [1.54, 1.807) is 11.9 Å². The van der Waals surface area contributed by atoms with Crippen molar-refractivity contribution in [1.29, 1.82) is 0 Å². The smallest absolute Gasteiger partial charge is 0.266 e. The van der Waals surface area contributed by atoms with Crippen molar-refractivity contribution in [3.8, 4) is 11.3 Å². The predicted octanol–water partition coefficient (Wildman–Crippen LogP) is 5.81. The summed E-state index contributed by atoms with van der Waals surface area (Å²) in [6.45, 7) is 0. The Balaban J connectivity index is 1.58. The SMILES string of the molecule is CN1C(=O)/C(=C/c2ccc(Br)cc2)S/C1=N/c1nc(-c2ccccc2)cs1. The number of benzene rings is 2. The number of halogens is 1. The third kappa shape index (κ3) is 4.05. The highest BCUT2D eigenvalue weighted by Crippen LogP contribution is 2.34. The van der Waals surface area contributed by atoms with Crippen molar-refractivity contribution in [3.63, 3.8) is 0 Å². The van der Waals surface area contributed by atoms with Crippen LogP contribution < -0.4 is 0 Å². The van der Waals surface area contributed by atoms with E-state index in [0.29, 0.717) is 15.2 Å². The summed E-state index contributed by atoms with van der Waals surface area (Å²) in [6, 6.07) is 17.8. The molecule has 1 saturated heterocycles. The van der Waals surface area contributed by atoms with Gasteiger partial charge in [-0.2, -0.15) is 4.99 Å². The Morgan fingerprint density at radius 2 is 1.85 bits per heavy atom. The molecule has 0 aliphatic carbocycles. The first-order valence-corrected chi connectivity index (χ1v) is 10.6. The zero-order valence-corrected chi connectivity index (χ0v) is 17.5. The highest BCUT2D eigenvalue weighted by Gasteiger charge is 2.30.